The molecule has 10 fully saturated rings. The normalized spacial score (nSPS) is 40.3. The number of fused-ring (bicyclic) bond motifs is 16. The summed E-state index contributed by atoms with van der Waals surface area (Å²) >= 11 is -2.89. The molecule has 0 radical (unpaired) electrons. The van der Waals surface area contributed by atoms with Crippen molar-refractivity contribution in [1.29, 1.82) is 0 Å². The van der Waals surface area contributed by atoms with E-state index >= 15 is 0 Å². The first-order valence-corrected chi connectivity index (χ1v) is 42.5. The highest BCUT2D eigenvalue weighted by atomic mass is 28.4. The van der Waals surface area contributed by atoms with E-state index in [2.05, 4.69) is 94.6 Å². The lowest BCUT2D eigenvalue weighted by Gasteiger charge is -2.50. The molecule has 6 bridgehead atoms. The van der Waals surface area contributed by atoms with Gasteiger partial charge in [0.05, 0.1) is 98.2 Å². The van der Waals surface area contributed by atoms with Crippen LogP contribution in [0, 0.1) is 47.3 Å². The van der Waals surface area contributed by atoms with E-state index in [0.29, 0.717) is 0 Å². The molecule has 6 N–H and O–H groups in total. The second-order valence-electron chi connectivity index (χ2n) is 29.3. The van der Waals surface area contributed by atoms with E-state index in [1.807, 2.05) is 0 Å². The van der Waals surface area contributed by atoms with Gasteiger partial charge in [-0.15, -0.1) is 0 Å². The number of hydrogen-bond donors (Lipinski definition) is 6. The van der Waals surface area contributed by atoms with Crippen LogP contribution in [0.1, 0.15) is 230 Å². The van der Waals surface area contributed by atoms with Gasteiger partial charge in [-0.25, -0.2) is 0 Å². The van der Waals surface area contributed by atoms with Crippen LogP contribution in [0.15, 0.2) is 0 Å². The van der Waals surface area contributed by atoms with E-state index in [1.165, 1.54) is 0 Å². The van der Waals surface area contributed by atoms with Gasteiger partial charge in [-0.2, -0.15) is 0 Å². The zero-order valence-corrected chi connectivity index (χ0v) is 60.4. The molecule has 4 aliphatic carbocycles. The van der Waals surface area contributed by atoms with Gasteiger partial charge in [-0.3, -0.25) is 31.9 Å². The van der Waals surface area contributed by atoms with Crippen molar-refractivity contribution in [1.82, 2.24) is 39.7 Å². The number of rotatable bonds is 37. The number of nitrogens with zero attached hydrogens (tertiary/aromatic N) is 2. The third kappa shape index (κ3) is 16.0. The molecule has 10 rings (SSSR count). The fraction of sp³-hybridized carbons (Fsp3) is 1.00. The summed E-state index contributed by atoms with van der Waals surface area (Å²) in [6, 6.07) is 3.22. The van der Waals surface area contributed by atoms with Crippen molar-refractivity contribution in [3.63, 3.8) is 0 Å². The number of hydrogen-bond acceptors (Lipinski definition) is 17. The Balaban J connectivity index is 1.26. The van der Waals surface area contributed by atoms with E-state index in [9.17, 15) is 0 Å². The lowest BCUT2D eigenvalue weighted by atomic mass is 9.72. The standard InChI is InChI=1S/C64H118N8O8.C6H15OSi.Al/c1-9-17-33-73-41-25-26-42(74-34-18-10-2)50-49(41)57-65-58(50)70-60-53-45(77-37-21-13-5)29-30-46(78-38-22-14-6)54(53)62(67-60)72-64-56-48(80-40-24-16-8)32-31-47(79-39-23-15-7)55(56)63(68-64)71-61-52-44(76-36-20-12-4)28-27-43(75-35-19-11-3)51(52)59(66-61)69-57;1-4-8(7,5-2)6-3;/h41-65,68-72H,9-40H2,1-8H3;4-6H2,1-3H3;/q-2;-1;+3. The van der Waals surface area contributed by atoms with E-state index in [-0.39, 0.29) is 146 Å². The average Bonchev–Trinajstić information content (AvgIpc) is 1.55. The molecule has 24 atom stereocenters. The topological polar surface area (TPSA) is 162 Å². The van der Waals surface area contributed by atoms with Crippen molar-refractivity contribution < 1.29 is 41.4 Å². The molecule has 0 aromatic rings. The maximum Gasteiger partial charge on any atom is 0.698 e. The largest absolute Gasteiger partial charge is 0.698 e. The lowest BCUT2D eigenvalue weighted by Crippen LogP contribution is -2.76. The SMILES string of the molecule is CCCCOC1CCC(OCCCC)C2C3NC(NC4C5C(OCCCC)CCC(OCCCC)C5C5NC6NC(NC7C8C(OCCCC)CCC(OCCCC)C8C(N3)[N]7[Al]([O][Si](CC)(CC)CC)[N]45)C3C(OCCCC)CCC(OCCCC)C63)C12. The molecule has 24 unspecified atom stereocenters. The van der Waals surface area contributed by atoms with Gasteiger partial charge in [-0.05, 0) is 121 Å². The number of unbranched alkanes of at least 4 members (excludes halogenated alkanes) is 8. The fourth-order valence-corrected chi connectivity index (χ4v) is 27.8. The Bertz CT molecular complexity index is 1780. The minimum Gasteiger partial charge on any atom is -0.519 e. The molecule has 10 aliphatic rings. The van der Waals surface area contributed by atoms with Crippen molar-refractivity contribution in [3.8, 4) is 0 Å². The molecule has 514 valence electrons. The van der Waals surface area contributed by atoms with Crippen molar-refractivity contribution in [2.45, 2.75) is 347 Å². The molecule has 0 aromatic heterocycles. The molecule has 4 saturated carbocycles. The summed E-state index contributed by atoms with van der Waals surface area (Å²) in [5.41, 5.74) is 0. The first kappa shape index (κ1) is 71.8. The van der Waals surface area contributed by atoms with Crippen LogP contribution in [0.3, 0.4) is 0 Å². The first-order chi connectivity index (χ1) is 43.7. The molecule has 89 heavy (non-hydrogen) atoms. The second kappa shape index (κ2) is 35.5. The molecule has 6 aliphatic heterocycles. The summed E-state index contributed by atoms with van der Waals surface area (Å²) in [5, 5.41) is 28.2. The zero-order chi connectivity index (χ0) is 62.4. The zero-order valence-electron chi connectivity index (χ0n) is 58.3. The first-order valence-electron chi connectivity index (χ1n) is 38.4. The molecular formula is C70H133AlN8O9Si. The summed E-state index contributed by atoms with van der Waals surface area (Å²) in [7, 11) is -2.42. The molecule has 0 spiro atoms. The maximum absolute atomic E-state index is 8.90. The summed E-state index contributed by atoms with van der Waals surface area (Å²) in [4.78, 5) is 0. The van der Waals surface area contributed by atoms with E-state index in [1.54, 1.807) is 0 Å². The van der Waals surface area contributed by atoms with Crippen LogP contribution >= 0.6 is 0 Å². The Morgan fingerprint density at radius 2 is 0.472 bits per heavy atom. The lowest BCUT2D eigenvalue weighted by molar-refractivity contribution is -0.115. The van der Waals surface area contributed by atoms with Crippen LogP contribution in [0.5, 0.6) is 0 Å². The average molecular weight is 1290 g/mol. The Hall–Kier alpha value is 0.0694. The van der Waals surface area contributed by atoms with Gasteiger partial charge >= 0.3 is 14.9 Å². The van der Waals surface area contributed by atoms with Gasteiger partial charge in [0.15, 0.2) is 8.32 Å². The monoisotopic (exact) mass is 1280 g/mol. The Morgan fingerprint density at radius 1 is 0.281 bits per heavy atom. The summed E-state index contributed by atoms with van der Waals surface area (Å²) in [6.07, 6.45) is 24.9. The van der Waals surface area contributed by atoms with Gasteiger partial charge in [0, 0.05) is 100 Å². The highest BCUT2D eigenvalue weighted by Gasteiger charge is 2.72. The van der Waals surface area contributed by atoms with Crippen LogP contribution in [-0.4, -0.2) is 182 Å². The molecule has 0 aromatic carbocycles. The van der Waals surface area contributed by atoms with E-state index in [0.717, 1.165) is 225 Å². The van der Waals surface area contributed by atoms with Gasteiger partial charge in [0.1, 0.15) is 0 Å². The van der Waals surface area contributed by atoms with Crippen LogP contribution in [0.2, 0.25) is 18.1 Å². The van der Waals surface area contributed by atoms with Crippen LogP contribution < -0.4 is 31.9 Å². The molecule has 0 amide bonds. The van der Waals surface area contributed by atoms with Gasteiger partial charge in [0.2, 0.25) is 0 Å². The van der Waals surface area contributed by atoms with Gasteiger partial charge in [0.25, 0.3) is 0 Å². The highest BCUT2D eigenvalue weighted by Crippen LogP contribution is 2.55. The Morgan fingerprint density at radius 3 is 0.652 bits per heavy atom. The smallest absolute Gasteiger partial charge is 0.519 e. The Labute approximate surface area is 548 Å². The maximum atomic E-state index is 8.90. The predicted molar refractivity (Wildman–Crippen MR) is 359 cm³/mol. The number of ether oxygens (including phenoxy) is 8. The molecule has 19 heteroatoms. The van der Waals surface area contributed by atoms with Crippen molar-refractivity contribution in [3.05, 3.63) is 0 Å². The fourth-order valence-electron chi connectivity index (χ4n) is 19.0. The minimum absolute atomic E-state index is 0.0311. The Kier molecular flexibility index (Phi) is 28.7. The van der Waals surface area contributed by atoms with E-state index in [4.69, 9.17) is 62.6 Å². The van der Waals surface area contributed by atoms with Crippen LogP contribution in [0.4, 0.5) is 0 Å². The number of nitrogens with one attached hydrogen (secondary N) is 6. The minimum atomic E-state index is -2.89. The van der Waals surface area contributed by atoms with Crippen molar-refractivity contribution in [2.75, 3.05) is 52.9 Å². The van der Waals surface area contributed by atoms with E-state index < -0.39 is 23.2 Å². The van der Waals surface area contributed by atoms with Gasteiger partial charge < -0.3 is 49.1 Å². The van der Waals surface area contributed by atoms with Gasteiger partial charge in [-0.1, -0.05) is 128 Å². The summed E-state index contributed by atoms with van der Waals surface area (Å²) < 4.78 is 74.4. The predicted octanol–water partition coefficient (Wildman–Crippen LogP) is 11.4. The molecular weight excluding hydrogens is 1150 g/mol. The quantitative estimate of drug-likeness (QED) is 0.0257. The highest BCUT2D eigenvalue weighted by molar-refractivity contribution is 6.79. The molecule has 6 saturated heterocycles. The molecule has 17 nitrogen and oxygen atoms in total. The third-order valence-corrected chi connectivity index (χ3v) is 33.0. The third-order valence-electron chi connectivity index (χ3n) is 24.0. The van der Waals surface area contributed by atoms with Crippen LogP contribution in [-0.2, 0) is 41.4 Å². The van der Waals surface area contributed by atoms with Crippen LogP contribution in [0.25, 0.3) is 0 Å². The van der Waals surface area contributed by atoms with Crippen molar-refractivity contribution >= 4 is 23.2 Å². The second-order valence-corrected chi connectivity index (χ2v) is 36.6. The summed E-state index contributed by atoms with van der Waals surface area (Å²) in [5.74, 6) is 1.01. The van der Waals surface area contributed by atoms with Crippen molar-refractivity contribution in [2.24, 2.45) is 47.3 Å². The molecule has 6 heterocycles. The summed E-state index contributed by atoms with van der Waals surface area (Å²) in [6.45, 7) is 32.0.